The number of hydrogen-bond donors (Lipinski definition) is 1. The van der Waals surface area contributed by atoms with E-state index in [2.05, 4.69) is 10.3 Å². The maximum atomic E-state index is 14.2. The monoisotopic (exact) mass is 571 g/mol. The first-order chi connectivity index (χ1) is 25.0. The van der Waals surface area contributed by atoms with Gasteiger partial charge in [0.1, 0.15) is 17.5 Å². The molecular weight excluding hydrogens is 522 g/mol. The lowest BCUT2D eigenvalue weighted by Crippen LogP contribution is -2.44. The predicted octanol–water partition coefficient (Wildman–Crippen LogP) is 4.97. The number of piperazine rings is 1. The van der Waals surface area contributed by atoms with Gasteiger partial charge in [-0.25, -0.2) is 8.78 Å². The Bertz CT molecular complexity index is 2010. The highest BCUT2D eigenvalue weighted by atomic mass is 19.1. The van der Waals surface area contributed by atoms with Gasteiger partial charge in [-0.3, -0.25) is 9.79 Å². The summed E-state index contributed by atoms with van der Waals surface area (Å²) in [5, 5.41) is 2.66. The second-order valence-electron chi connectivity index (χ2n) is 9.94. The molecule has 6 rings (SSSR count). The van der Waals surface area contributed by atoms with E-state index in [0.717, 1.165) is 25.2 Å². The number of anilines is 1. The summed E-state index contributed by atoms with van der Waals surface area (Å²) in [6.07, 6.45) is -1.39. The Balaban J connectivity index is 1.41. The van der Waals surface area contributed by atoms with E-state index in [-0.39, 0.29) is 57.4 Å². The molecule has 3 heterocycles. The number of amides is 1. The number of carbonyl (C=O) groups is 1. The van der Waals surface area contributed by atoms with Crippen LogP contribution in [0.4, 0.5) is 14.5 Å². The van der Waals surface area contributed by atoms with Crippen LogP contribution in [0.15, 0.2) is 59.5 Å². The third-order valence-corrected chi connectivity index (χ3v) is 7.00. The molecule has 0 radical (unpaired) electrons. The van der Waals surface area contributed by atoms with Crippen molar-refractivity contribution in [1.82, 2.24) is 10.2 Å². The van der Waals surface area contributed by atoms with Gasteiger partial charge in [0.25, 0.3) is 5.91 Å². The smallest absolute Gasteiger partial charge is 0.257 e. The van der Waals surface area contributed by atoms with E-state index in [1.165, 1.54) is 12.1 Å². The number of nitrogens with zero attached hydrogens (tertiary/aromatic N) is 3. The molecule has 3 aromatic carbocycles. The fraction of sp³-hybridized carbons (Fsp3) is 0.394. The normalized spacial score (nSPS) is 27.7. The molecule has 0 spiro atoms. The molecule has 6 nitrogen and oxygen atoms in total. The van der Waals surface area contributed by atoms with Gasteiger partial charge in [-0.05, 0) is 97.2 Å². The minimum atomic E-state index is -3.33. The topological polar surface area (TPSA) is 57.2 Å². The molecule has 41 heavy (non-hydrogen) atoms. The molecule has 3 aliphatic heterocycles. The largest absolute Gasteiger partial charge is 0.381 e. The molecule has 3 aromatic rings. The summed E-state index contributed by atoms with van der Waals surface area (Å²) in [7, 11) is 0.899. The number of rotatable bonds is 6. The van der Waals surface area contributed by atoms with E-state index in [1.807, 2.05) is 0 Å². The maximum absolute atomic E-state index is 14.2. The fourth-order valence-electron chi connectivity index (χ4n) is 4.90. The van der Waals surface area contributed by atoms with Crippen LogP contribution in [-0.4, -0.2) is 62.9 Å². The van der Waals surface area contributed by atoms with Gasteiger partial charge >= 0.3 is 0 Å². The number of benzene rings is 3. The lowest BCUT2D eigenvalue weighted by atomic mass is 9.89. The number of carbonyl (C=O) groups excluding carboxylic acids is 1. The fourth-order valence-corrected chi connectivity index (χ4v) is 4.90. The highest BCUT2D eigenvalue weighted by molar-refractivity contribution is 6.14. The number of hydrogen-bond acceptors (Lipinski definition) is 5. The molecule has 0 bridgehead atoms. The summed E-state index contributed by atoms with van der Waals surface area (Å²) in [5.74, 6) is -3.53. The Morgan fingerprint density at radius 1 is 1.10 bits per heavy atom. The van der Waals surface area contributed by atoms with Gasteiger partial charge in [0.2, 0.25) is 0 Å². The Hall–Kier alpha value is -3.62. The van der Waals surface area contributed by atoms with Crippen LogP contribution in [0.2, 0.25) is 0 Å². The summed E-state index contributed by atoms with van der Waals surface area (Å²) in [5.41, 5.74) is -0.547. The molecule has 0 unspecified atom stereocenters. The predicted molar refractivity (Wildman–Crippen MR) is 157 cm³/mol. The number of fused-ring (bicyclic) bond motifs is 1. The molecule has 0 aromatic heterocycles. The number of amidine groups is 1. The van der Waals surface area contributed by atoms with Crippen LogP contribution in [0.25, 0.3) is 0 Å². The maximum Gasteiger partial charge on any atom is 0.257 e. The van der Waals surface area contributed by atoms with E-state index in [4.69, 9.17) is 21.2 Å². The van der Waals surface area contributed by atoms with Gasteiger partial charge in [-0.1, -0.05) is 12.1 Å². The third-order valence-electron chi connectivity index (χ3n) is 7.00. The van der Waals surface area contributed by atoms with Crippen molar-refractivity contribution in [2.24, 2.45) is 10.9 Å². The van der Waals surface area contributed by atoms with Crippen molar-refractivity contribution in [2.45, 2.75) is 32.2 Å². The standard InChI is InChI=1S/C33H36F2N4O2/c1-38-8-10-39(11-9-38)29-4-5-30(26(19-29)15-22-6-12-41-13-7-22)33(40)37-32-31-18-23(2-3-25(31)21-36-32)14-24-16-27(34)20-28(35)17-24/h2-5,16-20,22H,6-15,21H2,1H3,(H,36,37,40)/i4D,8D2,9D2,10D2,11D2,14D2,19D,20D. The number of nitrogens with one attached hydrogen (secondary N) is 1. The zero-order chi connectivity index (χ0) is 39.9. The zero-order valence-electron chi connectivity index (χ0n) is 35.2. The molecule has 1 amide bonds. The van der Waals surface area contributed by atoms with Gasteiger partial charge in [0.15, 0.2) is 0 Å². The van der Waals surface area contributed by atoms with Crippen LogP contribution in [0, 0.1) is 17.6 Å². The van der Waals surface area contributed by atoms with Crippen LogP contribution < -0.4 is 10.2 Å². The molecule has 2 saturated heterocycles. The number of likely N-dealkylation sites (N-methyl/N-ethyl adjacent to an activating group) is 1. The Morgan fingerprint density at radius 2 is 1.85 bits per heavy atom. The average molecular weight is 572 g/mol. The van der Waals surface area contributed by atoms with Crippen molar-refractivity contribution >= 4 is 17.4 Å². The van der Waals surface area contributed by atoms with Crippen LogP contribution >= 0.6 is 0 Å². The van der Waals surface area contributed by atoms with E-state index in [0.29, 0.717) is 36.5 Å². The molecule has 0 atom stereocenters. The highest BCUT2D eigenvalue weighted by Gasteiger charge is 2.24. The first-order valence-corrected chi connectivity index (χ1v) is 13.2. The number of ether oxygens (including phenoxy) is 1. The second-order valence-corrected chi connectivity index (χ2v) is 9.94. The first-order valence-electron chi connectivity index (χ1n) is 19.7. The Labute approximate surface area is 258 Å². The molecule has 0 saturated carbocycles. The van der Waals surface area contributed by atoms with E-state index in [1.54, 1.807) is 6.07 Å². The molecule has 0 aliphatic carbocycles. The summed E-state index contributed by atoms with van der Waals surface area (Å²) in [4.78, 5) is 19.0. The molecular formula is C33H36F2N4O2. The van der Waals surface area contributed by atoms with Crippen molar-refractivity contribution in [3.05, 3.63) is 99.5 Å². The van der Waals surface area contributed by atoms with Gasteiger partial charge in [0.05, 0.1) is 16.1 Å². The van der Waals surface area contributed by atoms with E-state index < -0.39 is 73.7 Å². The molecule has 214 valence electrons. The van der Waals surface area contributed by atoms with Crippen LogP contribution in [-0.2, 0) is 24.1 Å². The minimum Gasteiger partial charge on any atom is -0.381 e. The van der Waals surface area contributed by atoms with Gasteiger partial charge < -0.3 is 19.9 Å². The lowest BCUT2D eigenvalue weighted by Gasteiger charge is -2.34. The molecule has 8 heteroatoms. The molecule has 3 aliphatic rings. The first kappa shape index (κ1) is 16.1. The Morgan fingerprint density at radius 3 is 2.61 bits per heavy atom. The van der Waals surface area contributed by atoms with Gasteiger partial charge in [-0.15, -0.1) is 0 Å². The molecule has 2 fully saturated rings. The number of aliphatic imine (C=N–C) groups is 1. The molecule has 1 N–H and O–H groups in total. The Kier molecular flexibility index (Phi) is 4.76. The van der Waals surface area contributed by atoms with E-state index >= 15 is 0 Å². The minimum absolute atomic E-state index is 0.0150. The van der Waals surface area contributed by atoms with Crippen molar-refractivity contribution in [3.8, 4) is 0 Å². The summed E-state index contributed by atoms with van der Waals surface area (Å²) < 4.78 is 146. The highest BCUT2D eigenvalue weighted by Crippen LogP contribution is 2.28. The van der Waals surface area contributed by atoms with Gasteiger partial charge in [0, 0.05) is 70.3 Å². The second kappa shape index (κ2) is 12.1. The van der Waals surface area contributed by atoms with Crippen LogP contribution in [0.5, 0.6) is 0 Å². The van der Waals surface area contributed by atoms with Gasteiger partial charge in [-0.2, -0.15) is 0 Å². The summed E-state index contributed by atoms with van der Waals surface area (Å²) >= 11 is 0. The van der Waals surface area contributed by atoms with Crippen molar-refractivity contribution < 1.29 is 36.1 Å². The quantitative estimate of drug-likeness (QED) is 0.454. The van der Waals surface area contributed by atoms with Crippen molar-refractivity contribution in [2.75, 3.05) is 51.1 Å². The lowest BCUT2D eigenvalue weighted by molar-refractivity contribution is 0.0664. The average Bonchev–Trinajstić information content (AvgIpc) is 3.50. The van der Waals surface area contributed by atoms with Crippen molar-refractivity contribution in [3.63, 3.8) is 0 Å². The van der Waals surface area contributed by atoms with Crippen molar-refractivity contribution in [1.29, 1.82) is 0 Å². The van der Waals surface area contributed by atoms with Crippen LogP contribution in [0.3, 0.4) is 0 Å². The number of halogens is 2. The van der Waals surface area contributed by atoms with Crippen LogP contribution in [0.1, 0.15) is 68.8 Å². The zero-order valence-corrected chi connectivity index (χ0v) is 22.2. The summed E-state index contributed by atoms with van der Waals surface area (Å²) in [6.45, 7) is -12.1. The van der Waals surface area contributed by atoms with E-state index in [9.17, 15) is 14.9 Å². The summed E-state index contributed by atoms with van der Waals surface area (Å²) in [6, 6.07) is 4.38. The SMILES string of the molecule is [2H]c1cc(C(=O)NC2=NCc3ccc(C([2H])([2H])c4cc(F)c([2H])c(F)c4)cc32)c(CC2CCOCC2)c([2H])c1N1C([2H])([2H])C([2H])([2H])N(C)C([2H])([2H])C1([2H])[2H]. The third kappa shape index (κ3) is 6.49.